The molecule has 0 aromatic carbocycles. The van der Waals surface area contributed by atoms with Gasteiger partial charge in [0, 0.05) is 44.3 Å². The molecule has 1 N–H and O–H groups in total. The predicted octanol–water partition coefficient (Wildman–Crippen LogP) is 4.27. The third-order valence-corrected chi connectivity index (χ3v) is 7.09. The fraction of sp³-hybridized carbons (Fsp3) is 0.826. The summed E-state index contributed by atoms with van der Waals surface area (Å²) in [5.74, 6) is 2.97. The van der Waals surface area contributed by atoms with Gasteiger partial charge in [0.1, 0.15) is 5.82 Å². The maximum atomic E-state index is 5.08. The van der Waals surface area contributed by atoms with Gasteiger partial charge in [-0.05, 0) is 44.4 Å². The summed E-state index contributed by atoms with van der Waals surface area (Å²) in [4.78, 5) is 15.2. The van der Waals surface area contributed by atoms with E-state index in [1.54, 1.807) is 0 Å². The average Bonchev–Trinajstić information content (AvgIpc) is 3.27. The van der Waals surface area contributed by atoms with E-state index in [1.807, 2.05) is 0 Å². The first kappa shape index (κ1) is 19.9. The number of rotatable bonds is 7. The SMILES string of the molecule is CCC(CC)CN1CCC(Nc2nc3c(c(N4CCCCCC4)n2)CCC3)C1. The van der Waals surface area contributed by atoms with Crippen molar-refractivity contribution in [2.45, 2.75) is 84.1 Å². The minimum atomic E-state index is 0.491. The Morgan fingerprint density at radius 3 is 2.50 bits per heavy atom. The summed E-state index contributed by atoms with van der Waals surface area (Å²) in [6.45, 7) is 10.6. The summed E-state index contributed by atoms with van der Waals surface area (Å²) in [7, 11) is 0. The fourth-order valence-corrected chi connectivity index (χ4v) is 5.23. The van der Waals surface area contributed by atoms with Crippen molar-refractivity contribution < 1.29 is 0 Å². The van der Waals surface area contributed by atoms with Crippen molar-refractivity contribution >= 4 is 11.8 Å². The van der Waals surface area contributed by atoms with Crippen LogP contribution >= 0.6 is 0 Å². The molecular formula is C23H39N5. The Morgan fingerprint density at radius 2 is 1.75 bits per heavy atom. The highest BCUT2D eigenvalue weighted by molar-refractivity contribution is 5.54. The largest absolute Gasteiger partial charge is 0.356 e. The molecule has 0 spiro atoms. The van der Waals surface area contributed by atoms with Crippen LogP contribution in [-0.2, 0) is 12.8 Å². The molecule has 156 valence electrons. The van der Waals surface area contributed by atoms with Gasteiger partial charge in [0.15, 0.2) is 0 Å². The molecule has 3 heterocycles. The van der Waals surface area contributed by atoms with Crippen LogP contribution in [0.2, 0.25) is 0 Å². The zero-order valence-electron chi connectivity index (χ0n) is 18.1. The van der Waals surface area contributed by atoms with Gasteiger partial charge in [0.05, 0.1) is 5.69 Å². The Balaban J connectivity index is 1.44. The summed E-state index contributed by atoms with van der Waals surface area (Å²) in [5, 5.41) is 3.71. The topological polar surface area (TPSA) is 44.3 Å². The Labute approximate surface area is 171 Å². The van der Waals surface area contributed by atoms with Crippen molar-refractivity contribution in [3.8, 4) is 0 Å². The number of nitrogens with zero attached hydrogens (tertiary/aromatic N) is 4. The molecule has 28 heavy (non-hydrogen) atoms. The Kier molecular flexibility index (Phi) is 6.71. The standard InChI is InChI=1S/C23H39N5/c1-3-18(4-2)16-27-15-12-19(17-27)24-23-25-21-11-9-10-20(21)22(26-23)28-13-7-5-6-8-14-28/h18-19H,3-17H2,1-2H3,(H,24,25,26). The number of fused-ring (bicyclic) bond motifs is 1. The second-order valence-electron chi connectivity index (χ2n) is 9.12. The normalized spacial score (nSPS) is 23.2. The lowest BCUT2D eigenvalue weighted by molar-refractivity contribution is 0.266. The molecule has 2 saturated heterocycles. The minimum absolute atomic E-state index is 0.491. The number of anilines is 2. The Morgan fingerprint density at radius 1 is 0.964 bits per heavy atom. The lowest BCUT2D eigenvalue weighted by atomic mass is 10.0. The van der Waals surface area contributed by atoms with Gasteiger partial charge in [-0.15, -0.1) is 0 Å². The molecule has 1 aromatic rings. The summed E-state index contributed by atoms with van der Waals surface area (Å²) in [6.07, 6.45) is 12.6. The van der Waals surface area contributed by atoms with Gasteiger partial charge in [-0.2, -0.15) is 4.98 Å². The molecule has 0 amide bonds. The monoisotopic (exact) mass is 385 g/mol. The summed E-state index contributed by atoms with van der Waals surface area (Å²) in [5.41, 5.74) is 2.75. The number of aryl methyl sites for hydroxylation is 1. The van der Waals surface area contributed by atoms with E-state index < -0.39 is 0 Å². The molecule has 2 aliphatic heterocycles. The highest BCUT2D eigenvalue weighted by Crippen LogP contribution is 2.31. The van der Waals surface area contributed by atoms with Crippen LogP contribution in [0.4, 0.5) is 11.8 Å². The van der Waals surface area contributed by atoms with Crippen LogP contribution in [0.1, 0.15) is 76.5 Å². The second kappa shape index (κ2) is 9.43. The van der Waals surface area contributed by atoms with Crippen molar-refractivity contribution in [1.29, 1.82) is 0 Å². The van der Waals surface area contributed by atoms with E-state index >= 15 is 0 Å². The number of nitrogens with one attached hydrogen (secondary N) is 1. The first-order chi connectivity index (χ1) is 13.8. The Bertz CT molecular complexity index is 634. The maximum absolute atomic E-state index is 5.08. The van der Waals surface area contributed by atoms with E-state index in [0.717, 1.165) is 44.3 Å². The molecule has 2 fully saturated rings. The molecular weight excluding hydrogens is 346 g/mol. The van der Waals surface area contributed by atoms with Gasteiger partial charge in [-0.1, -0.05) is 39.5 Å². The molecule has 1 atom stereocenters. The molecule has 1 unspecified atom stereocenters. The zero-order valence-corrected chi connectivity index (χ0v) is 18.1. The van der Waals surface area contributed by atoms with Gasteiger partial charge in [-0.3, -0.25) is 0 Å². The third kappa shape index (κ3) is 4.61. The first-order valence-electron chi connectivity index (χ1n) is 11.9. The highest BCUT2D eigenvalue weighted by atomic mass is 15.3. The molecule has 4 rings (SSSR count). The molecule has 5 heteroatoms. The number of hydrogen-bond acceptors (Lipinski definition) is 5. The second-order valence-corrected chi connectivity index (χ2v) is 9.12. The van der Waals surface area contributed by atoms with E-state index in [-0.39, 0.29) is 0 Å². The van der Waals surface area contributed by atoms with Crippen molar-refractivity contribution in [3.63, 3.8) is 0 Å². The fourth-order valence-electron chi connectivity index (χ4n) is 5.23. The lowest BCUT2D eigenvalue weighted by Gasteiger charge is -2.25. The smallest absolute Gasteiger partial charge is 0.225 e. The van der Waals surface area contributed by atoms with E-state index in [2.05, 4.69) is 29.0 Å². The predicted molar refractivity (Wildman–Crippen MR) is 117 cm³/mol. The van der Waals surface area contributed by atoms with Crippen molar-refractivity contribution in [2.75, 3.05) is 42.9 Å². The van der Waals surface area contributed by atoms with Crippen LogP contribution in [0.3, 0.4) is 0 Å². The van der Waals surface area contributed by atoms with E-state index in [9.17, 15) is 0 Å². The zero-order chi connectivity index (χ0) is 19.3. The van der Waals surface area contributed by atoms with Gasteiger partial charge in [0.25, 0.3) is 0 Å². The summed E-state index contributed by atoms with van der Waals surface area (Å²) < 4.78 is 0. The van der Waals surface area contributed by atoms with Crippen molar-refractivity contribution in [3.05, 3.63) is 11.3 Å². The summed E-state index contributed by atoms with van der Waals surface area (Å²) >= 11 is 0. The van der Waals surface area contributed by atoms with Crippen LogP contribution in [0.25, 0.3) is 0 Å². The molecule has 1 aliphatic carbocycles. The van der Waals surface area contributed by atoms with E-state index in [4.69, 9.17) is 9.97 Å². The quantitative estimate of drug-likeness (QED) is 0.759. The van der Waals surface area contributed by atoms with Gasteiger partial charge < -0.3 is 15.1 Å². The number of aromatic nitrogens is 2. The van der Waals surface area contributed by atoms with Crippen molar-refractivity contribution in [2.24, 2.45) is 5.92 Å². The molecule has 0 bridgehead atoms. The maximum Gasteiger partial charge on any atom is 0.225 e. The van der Waals surface area contributed by atoms with Gasteiger partial charge >= 0.3 is 0 Å². The van der Waals surface area contributed by atoms with Crippen LogP contribution in [0, 0.1) is 5.92 Å². The number of likely N-dealkylation sites (tertiary alicyclic amines) is 1. The minimum Gasteiger partial charge on any atom is -0.356 e. The van der Waals surface area contributed by atoms with Crippen LogP contribution in [0.5, 0.6) is 0 Å². The molecule has 1 aromatic heterocycles. The Hall–Kier alpha value is -1.36. The van der Waals surface area contributed by atoms with Crippen LogP contribution in [0.15, 0.2) is 0 Å². The van der Waals surface area contributed by atoms with Crippen LogP contribution in [-0.4, -0.2) is 53.6 Å². The molecule has 0 radical (unpaired) electrons. The summed E-state index contributed by atoms with van der Waals surface area (Å²) in [6, 6.07) is 0.491. The number of hydrogen-bond donors (Lipinski definition) is 1. The molecule has 3 aliphatic rings. The van der Waals surface area contributed by atoms with E-state index in [0.29, 0.717) is 6.04 Å². The van der Waals surface area contributed by atoms with Crippen molar-refractivity contribution in [1.82, 2.24) is 14.9 Å². The average molecular weight is 386 g/mol. The molecule has 5 nitrogen and oxygen atoms in total. The van der Waals surface area contributed by atoms with Gasteiger partial charge in [0.2, 0.25) is 5.95 Å². The van der Waals surface area contributed by atoms with E-state index in [1.165, 1.54) is 81.5 Å². The van der Waals surface area contributed by atoms with Crippen LogP contribution < -0.4 is 10.2 Å². The molecule has 0 saturated carbocycles. The first-order valence-corrected chi connectivity index (χ1v) is 11.9. The highest BCUT2D eigenvalue weighted by Gasteiger charge is 2.27. The lowest BCUT2D eigenvalue weighted by Crippen LogP contribution is -2.31. The third-order valence-electron chi connectivity index (χ3n) is 7.09. The van der Waals surface area contributed by atoms with Gasteiger partial charge in [-0.25, -0.2) is 4.98 Å².